The second-order valence-electron chi connectivity index (χ2n) is 11.5. The summed E-state index contributed by atoms with van der Waals surface area (Å²) in [4.78, 5) is 48.7. The summed E-state index contributed by atoms with van der Waals surface area (Å²) in [5.74, 6) is -0.156. The van der Waals surface area contributed by atoms with Crippen molar-refractivity contribution in [2.45, 2.75) is 38.8 Å². The van der Waals surface area contributed by atoms with Crippen molar-refractivity contribution in [2.24, 2.45) is 0 Å². The van der Waals surface area contributed by atoms with Gasteiger partial charge < -0.3 is 34.7 Å². The number of hydrogen-bond donors (Lipinski definition) is 3. The smallest absolute Gasteiger partial charge is 0.408 e. The highest BCUT2D eigenvalue weighted by atomic mass is 16.5. The molecule has 3 amide bonds. The van der Waals surface area contributed by atoms with Gasteiger partial charge in [-0.2, -0.15) is 0 Å². The molecule has 5 rings (SSSR count). The number of ether oxygens (including phenoxy) is 3. The van der Waals surface area contributed by atoms with Crippen LogP contribution in [0.2, 0.25) is 0 Å². The minimum absolute atomic E-state index is 0.0365. The van der Waals surface area contributed by atoms with Gasteiger partial charge in [0.1, 0.15) is 25.0 Å². The van der Waals surface area contributed by atoms with Crippen LogP contribution in [-0.4, -0.2) is 58.5 Å². The Labute approximate surface area is 291 Å². The lowest BCUT2D eigenvalue weighted by Crippen LogP contribution is -2.52. The van der Waals surface area contributed by atoms with Gasteiger partial charge in [-0.25, -0.2) is 9.78 Å². The number of aromatic amines is 1. The number of carbonyl (C=O) groups is 3. The standard InChI is InChI=1S/C39H41N5O6/c45-37(41-20-21-48-26-31-10-4-1-5-11-31)25-44(24-30-16-18-35(19-17-30)49-27-32-12-6-2-7-13-32)38(46)36(22-34-23-40-29-42-34)43-39(47)50-28-33-14-8-3-9-15-33/h1-19,23,29,36H,20-22,24-28H2,(H,40,42)(H,41,45)(H,43,47)/t36-/m1/s1. The zero-order valence-electron chi connectivity index (χ0n) is 27.7. The number of amides is 3. The summed E-state index contributed by atoms with van der Waals surface area (Å²) < 4.78 is 17.0. The summed E-state index contributed by atoms with van der Waals surface area (Å²) in [5, 5.41) is 5.55. The van der Waals surface area contributed by atoms with E-state index in [2.05, 4.69) is 20.6 Å². The number of rotatable bonds is 18. The number of nitrogens with one attached hydrogen (secondary N) is 3. The van der Waals surface area contributed by atoms with Crippen LogP contribution in [0.4, 0.5) is 4.79 Å². The van der Waals surface area contributed by atoms with Crippen molar-refractivity contribution in [3.05, 3.63) is 156 Å². The maximum absolute atomic E-state index is 14.2. The number of hydrogen-bond acceptors (Lipinski definition) is 7. The average molecular weight is 676 g/mol. The zero-order valence-corrected chi connectivity index (χ0v) is 27.7. The highest BCUT2D eigenvalue weighted by Gasteiger charge is 2.29. The molecule has 0 unspecified atom stereocenters. The van der Waals surface area contributed by atoms with Crippen LogP contribution in [0.15, 0.2) is 128 Å². The number of alkyl carbamates (subject to hydrolysis) is 1. The summed E-state index contributed by atoms with van der Waals surface area (Å²) in [7, 11) is 0. The number of carbonyl (C=O) groups excluding carboxylic acids is 3. The average Bonchev–Trinajstić information content (AvgIpc) is 3.67. The Morgan fingerprint density at radius 1 is 0.740 bits per heavy atom. The van der Waals surface area contributed by atoms with E-state index in [0.717, 1.165) is 22.3 Å². The maximum Gasteiger partial charge on any atom is 0.408 e. The molecule has 1 atom stereocenters. The van der Waals surface area contributed by atoms with E-state index in [-0.39, 0.29) is 38.6 Å². The maximum atomic E-state index is 14.2. The van der Waals surface area contributed by atoms with Gasteiger partial charge in [0.2, 0.25) is 11.8 Å². The molecule has 0 aliphatic rings. The molecule has 11 heteroatoms. The molecule has 0 saturated heterocycles. The van der Waals surface area contributed by atoms with Crippen molar-refractivity contribution in [3.63, 3.8) is 0 Å². The van der Waals surface area contributed by atoms with Gasteiger partial charge in [0.15, 0.2) is 0 Å². The molecule has 1 aromatic heterocycles. The first-order valence-electron chi connectivity index (χ1n) is 16.4. The van der Waals surface area contributed by atoms with Gasteiger partial charge in [0, 0.05) is 31.4 Å². The number of nitrogens with zero attached hydrogens (tertiary/aromatic N) is 2. The predicted molar refractivity (Wildman–Crippen MR) is 188 cm³/mol. The third-order valence-electron chi connectivity index (χ3n) is 7.65. The van der Waals surface area contributed by atoms with Crippen LogP contribution in [0.25, 0.3) is 0 Å². The fourth-order valence-electron chi connectivity index (χ4n) is 5.06. The van der Waals surface area contributed by atoms with E-state index < -0.39 is 18.0 Å². The molecule has 3 N–H and O–H groups in total. The fourth-order valence-corrected chi connectivity index (χ4v) is 5.06. The lowest BCUT2D eigenvalue weighted by atomic mass is 10.1. The zero-order chi connectivity index (χ0) is 34.8. The highest BCUT2D eigenvalue weighted by Crippen LogP contribution is 2.17. The van der Waals surface area contributed by atoms with E-state index in [4.69, 9.17) is 14.2 Å². The van der Waals surface area contributed by atoms with E-state index in [1.807, 2.05) is 115 Å². The Hall–Kier alpha value is -5.94. The van der Waals surface area contributed by atoms with Crippen molar-refractivity contribution in [1.29, 1.82) is 0 Å². The predicted octanol–water partition coefficient (Wildman–Crippen LogP) is 5.19. The van der Waals surface area contributed by atoms with Gasteiger partial charge in [0.25, 0.3) is 0 Å². The molecule has 0 aliphatic carbocycles. The molecular weight excluding hydrogens is 634 g/mol. The summed E-state index contributed by atoms with van der Waals surface area (Å²) in [6, 6.07) is 35.1. The first kappa shape index (κ1) is 35.4. The van der Waals surface area contributed by atoms with Crippen LogP contribution < -0.4 is 15.4 Å². The molecule has 50 heavy (non-hydrogen) atoms. The molecule has 5 aromatic rings. The molecule has 0 saturated carbocycles. The molecule has 0 radical (unpaired) electrons. The van der Waals surface area contributed by atoms with Crippen LogP contribution in [0.1, 0.15) is 27.9 Å². The molecule has 0 aliphatic heterocycles. The van der Waals surface area contributed by atoms with E-state index in [0.29, 0.717) is 31.3 Å². The minimum Gasteiger partial charge on any atom is -0.489 e. The normalized spacial score (nSPS) is 11.3. The van der Waals surface area contributed by atoms with Gasteiger partial charge >= 0.3 is 6.09 Å². The van der Waals surface area contributed by atoms with Crippen molar-refractivity contribution < 1.29 is 28.6 Å². The first-order valence-corrected chi connectivity index (χ1v) is 16.4. The lowest BCUT2D eigenvalue weighted by Gasteiger charge is -2.27. The molecular formula is C39H41N5O6. The minimum atomic E-state index is -1.05. The summed E-state index contributed by atoms with van der Waals surface area (Å²) in [6.45, 7) is 1.31. The molecule has 0 bridgehead atoms. The van der Waals surface area contributed by atoms with Gasteiger partial charge in [-0.15, -0.1) is 0 Å². The molecule has 4 aromatic carbocycles. The number of imidazole rings is 1. The Morgan fingerprint density at radius 2 is 1.36 bits per heavy atom. The Balaban J connectivity index is 1.24. The first-order chi connectivity index (χ1) is 24.5. The van der Waals surface area contributed by atoms with Gasteiger partial charge in [-0.3, -0.25) is 9.59 Å². The highest BCUT2D eigenvalue weighted by molar-refractivity contribution is 5.89. The second-order valence-corrected chi connectivity index (χ2v) is 11.5. The topological polar surface area (TPSA) is 135 Å². The monoisotopic (exact) mass is 675 g/mol. The molecule has 1 heterocycles. The SMILES string of the molecule is O=C(CN(Cc1ccc(OCc2ccccc2)cc1)C(=O)[C@@H](Cc1cnc[nH]1)NC(=O)OCc1ccccc1)NCCOCc1ccccc1. The quantitative estimate of drug-likeness (QED) is 0.109. The van der Waals surface area contributed by atoms with Crippen molar-refractivity contribution in [1.82, 2.24) is 25.5 Å². The Kier molecular flexibility index (Phi) is 13.6. The molecule has 258 valence electrons. The third kappa shape index (κ3) is 11.9. The van der Waals surface area contributed by atoms with Crippen molar-refractivity contribution in [2.75, 3.05) is 19.7 Å². The molecule has 11 nitrogen and oxygen atoms in total. The van der Waals surface area contributed by atoms with E-state index >= 15 is 0 Å². The summed E-state index contributed by atoms with van der Waals surface area (Å²) in [6.07, 6.45) is 2.43. The van der Waals surface area contributed by atoms with Crippen molar-refractivity contribution in [3.8, 4) is 5.75 Å². The van der Waals surface area contributed by atoms with Crippen molar-refractivity contribution >= 4 is 17.9 Å². The van der Waals surface area contributed by atoms with E-state index in [1.54, 1.807) is 6.20 Å². The fraction of sp³-hybridized carbons (Fsp3) is 0.231. The van der Waals surface area contributed by atoms with E-state index in [9.17, 15) is 14.4 Å². The Bertz CT molecular complexity index is 1740. The number of benzene rings is 4. The molecule has 0 spiro atoms. The van der Waals surface area contributed by atoms with E-state index in [1.165, 1.54) is 11.2 Å². The van der Waals surface area contributed by atoms with Crippen LogP contribution in [-0.2, 0) is 51.8 Å². The van der Waals surface area contributed by atoms with Crippen LogP contribution in [0, 0.1) is 0 Å². The van der Waals surface area contributed by atoms with Crippen LogP contribution in [0.5, 0.6) is 5.75 Å². The molecule has 0 fully saturated rings. The Morgan fingerprint density at radius 3 is 1.98 bits per heavy atom. The van der Waals surface area contributed by atoms with Crippen LogP contribution in [0.3, 0.4) is 0 Å². The summed E-state index contributed by atoms with van der Waals surface area (Å²) in [5.41, 5.74) is 4.29. The number of H-pyrrole nitrogens is 1. The van der Waals surface area contributed by atoms with Crippen LogP contribution >= 0.6 is 0 Å². The second kappa shape index (κ2) is 19.2. The van der Waals surface area contributed by atoms with Gasteiger partial charge in [0.05, 0.1) is 26.1 Å². The largest absolute Gasteiger partial charge is 0.489 e. The third-order valence-corrected chi connectivity index (χ3v) is 7.65. The van der Waals surface area contributed by atoms with Gasteiger partial charge in [-0.05, 0) is 34.4 Å². The van der Waals surface area contributed by atoms with Gasteiger partial charge in [-0.1, -0.05) is 103 Å². The lowest BCUT2D eigenvalue weighted by molar-refractivity contribution is -0.138. The summed E-state index contributed by atoms with van der Waals surface area (Å²) >= 11 is 0. The number of aromatic nitrogens is 2.